The van der Waals surface area contributed by atoms with Crippen LogP contribution in [-0.4, -0.2) is 16.1 Å². The van der Waals surface area contributed by atoms with Crippen LogP contribution in [0.1, 0.15) is 10.6 Å². The lowest BCUT2D eigenvalue weighted by Crippen LogP contribution is -2.11. The van der Waals surface area contributed by atoms with Crippen molar-refractivity contribution in [1.82, 2.24) is 10.2 Å². The van der Waals surface area contributed by atoms with E-state index in [-0.39, 0.29) is 11.7 Å². The van der Waals surface area contributed by atoms with E-state index in [1.807, 2.05) is 30.3 Å². The van der Waals surface area contributed by atoms with Crippen molar-refractivity contribution < 1.29 is 9.21 Å². The Labute approximate surface area is 142 Å². The fourth-order valence-corrected chi connectivity index (χ4v) is 2.61. The molecule has 5 nitrogen and oxygen atoms in total. The molecule has 2 aromatic heterocycles. The molecule has 6 heteroatoms. The maximum Gasteiger partial charge on any atom is 0.291 e. The third-order valence-corrected chi connectivity index (χ3v) is 3.94. The van der Waals surface area contributed by atoms with E-state index in [1.54, 1.807) is 30.5 Å². The maximum absolute atomic E-state index is 12.4. The number of para-hydroxylation sites is 1. The predicted molar refractivity (Wildman–Crippen MR) is 93.2 cm³/mol. The molecule has 0 unspecified atom stereocenters. The van der Waals surface area contributed by atoms with Gasteiger partial charge in [-0.25, -0.2) is 0 Å². The second-order valence-corrected chi connectivity index (χ2v) is 5.70. The lowest BCUT2D eigenvalue weighted by molar-refractivity contribution is 0.0997. The van der Waals surface area contributed by atoms with Gasteiger partial charge >= 0.3 is 0 Å². The van der Waals surface area contributed by atoms with Crippen molar-refractivity contribution in [3.63, 3.8) is 0 Å². The van der Waals surface area contributed by atoms with Crippen molar-refractivity contribution >= 4 is 34.1 Å². The molecular weight excluding hydrogens is 326 g/mol. The third-order valence-electron chi connectivity index (χ3n) is 3.68. The topological polar surface area (TPSA) is 70.9 Å². The van der Waals surface area contributed by atoms with Crippen LogP contribution in [0.3, 0.4) is 0 Å². The Kier molecular flexibility index (Phi) is 3.55. The maximum atomic E-state index is 12.4. The number of hydrogen-bond donors (Lipinski definition) is 2. The van der Waals surface area contributed by atoms with E-state index in [1.165, 1.54) is 0 Å². The zero-order valence-electron chi connectivity index (χ0n) is 12.4. The number of aromatic amines is 1. The summed E-state index contributed by atoms with van der Waals surface area (Å²) in [5.74, 6) is 0.519. The Balaban J connectivity index is 1.59. The minimum Gasteiger partial charge on any atom is -0.451 e. The first-order valence-electron chi connectivity index (χ1n) is 7.30. The van der Waals surface area contributed by atoms with Crippen molar-refractivity contribution in [2.75, 3.05) is 5.32 Å². The average Bonchev–Trinajstić information content (AvgIpc) is 3.25. The van der Waals surface area contributed by atoms with E-state index in [9.17, 15) is 4.79 Å². The summed E-state index contributed by atoms with van der Waals surface area (Å²) in [7, 11) is 0. The van der Waals surface area contributed by atoms with Gasteiger partial charge in [-0.15, -0.1) is 0 Å². The van der Waals surface area contributed by atoms with E-state index in [2.05, 4.69) is 15.5 Å². The van der Waals surface area contributed by atoms with E-state index < -0.39 is 0 Å². The number of H-pyrrole nitrogens is 1. The van der Waals surface area contributed by atoms with Crippen LogP contribution in [0.2, 0.25) is 5.02 Å². The van der Waals surface area contributed by atoms with Crippen LogP contribution >= 0.6 is 11.6 Å². The molecule has 118 valence electrons. The van der Waals surface area contributed by atoms with Crippen LogP contribution < -0.4 is 5.32 Å². The Morgan fingerprint density at radius 3 is 2.75 bits per heavy atom. The highest BCUT2D eigenvalue weighted by Crippen LogP contribution is 2.25. The highest BCUT2D eigenvalue weighted by atomic mass is 35.5. The first kappa shape index (κ1) is 14.5. The minimum atomic E-state index is -0.322. The quantitative estimate of drug-likeness (QED) is 0.567. The summed E-state index contributed by atoms with van der Waals surface area (Å²) in [4.78, 5) is 12.4. The molecule has 4 rings (SSSR count). The van der Waals surface area contributed by atoms with Crippen molar-refractivity contribution in [3.8, 4) is 11.3 Å². The summed E-state index contributed by atoms with van der Waals surface area (Å²) in [6, 6.07) is 16.2. The number of carbonyl (C=O) groups is 1. The normalized spacial score (nSPS) is 10.9. The number of benzene rings is 2. The van der Waals surface area contributed by atoms with Gasteiger partial charge in [0.05, 0.1) is 17.4 Å². The van der Waals surface area contributed by atoms with Crippen molar-refractivity contribution in [3.05, 3.63) is 71.6 Å². The average molecular weight is 338 g/mol. The molecule has 0 spiro atoms. The van der Waals surface area contributed by atoms with E-state index >= 15 is 0 Å². The molecule has 2 N–H and O–H groups in total. The summed E-state index contributed by atoms with van der Waals surface area (Å²) < 4.78 is 5.66. The van der Waals surface area contributed by atoms with Crippen LogP contribution in [-0.2, 0) is 0 Å². The van der Waals surface area contributed by atoms with E-state index in [4.69, 9.17) is 16.0 Å². The number of fused-ring (bicyclic) bond motifs is 1. The van der Waals surface area contributed by atoms with E-state index in [0.29, 0.717) is 16.5 Å². The fourth-order valence-electron chi connectivity index (χ4n) is 2.49. The highest BCUT2D eigenvalue weighted by molar-refractivity contribution is 6.30. The van der Waals surface area contributed by atoms with Crippen LogP contribution in [0.4, 0.5) is 5.69 Å². The summed E-state index contributed by atoms with van der Waals surface area (Å²) in [5, 5.41) is 11.3. The molecule has 0 aliphatic carbocycles. The molecule has 0 aliphatic rings. The van der Waals surface area contributed by atoms with Crippen molar-refractivity contribution in [2.24, 2.45) is 0 Å². The Bertz CT molecular complexity index is 1020. The zero-order valence-corrected chi connectivity index (χ0v) is 13.2. The molecule has 0 bridgehead atoms. The Hall–Kier alpha value is -3.05. The van der Waals surface area contributed by atoms with Crippen LogP contribution in [0.25, 0.3) is 22.2 Å². The number of rotatable bonds is 3. The van der Waals surface area contributed by atoms with Gasteiger partial charge < -0.3 is 9.73 Å². The van der Waals surface area contributed by atoms with Gasteiger partial charge in [-0.2, -0.15) is 5.10 Å². The fraction of sp³-hybridized carbons (Fsp3) is 0. The molecule has 0 saturated heterocycles. The molecule has 1 amide bonds. The second kappa shape index (κ2) is 5.86. The first-order chi connectivity index (χ1) is 11.7. The number of carbonyl (C=O) groups excluding carboxylic acids is 1. The number of hydrogen-bond acceptors (Lipinski definition) is 3. The van der Waals surface area contributed by atoms with Gasteiger partial charge in [0.2, 0.25) is 0 Å². The first-order valence-corrected chi connectivity index (χ1v) is 7.68. The summed E-state index contributed by atoms with van der Waals surface area (Å²) in [6.45, 7) is 0. The van der Waals surface area contributed by atoms with Crippen LogP contribution in [0, 0.1) is 0 Å². The van der Waals surface area contributed by atoms with Gasteiger partial charge in [0.15, 0.2) is 5.76 Å². The summed E-state index contributed by atoms with van der Waals surface area (Å²) in [6.07, 6.45) is 1.70. The lowest BCUT2D eigenvalue weighted by atomic mass is 10.2. The number of amides is 1. The zero-order chi connectivity index (χ0) is 16.5. The van der Waals surface area contributed by atoms with Gasteiger partial charge in [0.1, 0.15) is 5.76 Å². The molecule has 4 aromatic rings. The number of nitrogens with zero attached hydrogens (tertiary/aromatic N) is 1. The second-order valence-electron chi connectivity index (χ2n) is 5.26. The molecule has 0 atom stereocenters. The van der Waals surface area contributed by atoms with Gasteiger partial charge in [0, 0.05) is 16.0 Å². The SMILES string of the molecule is O=C(Nc1cccc2cn[nH]c12)c1ccc(-c2ccc(Cl)cc2)o1. The highest BCUT2D eigenvalue weighted by Gasteiger charge is 2.14. The molecule has 24 heavy (non-hydrogen) atoms. The third kappa shape index (κ3) is 2.66. The smallest absolute Gasteiger partial charge is 0.291 e. The van der Waals surface area contributed by atoms with Crippen LogP contribution in [0.5, 0.6) is 0 Å². The molecule has 0 fully saturated rings. The number of furan rings is 1. The summed E-state index contributed by atoms with van der Waals surface area (Å²) >= 11 is 5.88. The van der Waals surface area contributed by atoms with Crippen LogP contribution in [0.15, 0.2) is 65.2 Å². The number of halogens is 1. The molecule has 2 heterocycles. The molecular formula is C18H12ClN3O2. The lowest BCUT2D eigenvalue weighted by Gasteiger charge is -2.04. The van der Waals surface area contributed by atoms with Crippen molar-refractivity contribution in [2.45, 2.75) is 0 Å². The summed E-state index contributed by atoms with van der Waals surface area (Å²) in [5.41, 5.74) is 2.28. The number of aromatic nitrogens is 2. The largest absolute Gasteiger partial charge is 0.451 e. The van der Waals surface area contributed by atoms with Gasteiger partial charge in [-0.3, -0.25) is 9.89 Å². The van der Waals surface area contributed by atoms with E-state index in [0.717, 1.165) is 16.5 Å². The van der Waals surface area contributed by atoms with Gasteiger partial charge in [-0.05, 0) is 42.5 Å². The Morgan fingerprint density at radius 1 is 1.08 bits per heavy atom. The molecule has 2 aromatic carbocycles. The predicted octanol–water partition coefficient (Wildman–Crippen LogP) is 4.73. The standard InChI is InChI=1S/C18H12ClN3O2/c19-13-6-4-11(5-7-13)15-8-9-16(24-15)18(23)21-14-3-1-2-12-10-20-22-17(12)14/h1-10H,(H,20,22)(H,21,23). The minimum absolute atomic E-state index is 0.233. The molecule has 0 saturated carbocycles. The Morgan fingerprint density at radius 2 is 1.92 bits per heavy atom. The van der Waals surface area contributed by atoms with Gasteiger partial charge in [-0.1, -0.05) is 23.7 Å². The van der Waals surface area contributed by atoms with Gasteiger partial charge in [0.25, 0.3) is 5.91 Å². The number of anilines is 1. The molecule has 0 aliphatic heterocycles. The number of nitrogens with one attached hydrogen (secondary N) is 2. The molecule has 0 radical (unpaired) electrons. The monoisotopic (exact) mass is 337 g/mol. The van der Waals surface area contributed by atoms with Crippen molar-refractivity contribution in [1.29, 1.82) is 0 Å².